The lowest BCUT2D eigenvalue weighted by atomic mass is 9.85. The molecule has 0 aliphatic carbocycles. The fraction of sp³-hybridized carbons (Fsp3) is 0.333. The highest BCUT2D eigenvalue weighted by atomic mass is 16.5. The number of phenols is 1. The number of phenolic OH excluding ortho intramolecular Hbond substituents is 1. The lowest BCUT2D eigenvalue weighted by Gasteiger charge is -2.22. The average Bonchev–Trinajstić information content (AvgIpc) is 2.61. The summed E-state index contributed by atoms with van der Waals surface area (Å²) >= 11 is 0. The third-order valence-corrected chi connectivity index (χ3v) is 3.96. The fourth-order valence-corrected chi connectivity index (χ4v) is 2.58. The van der Waals surface area contributed by atoms with Crippen LogP contribution in [0.2, 0.25) is 0 Å². The number of nitrogens with one attached hydrogen (secondary N) is 1. The minimum absolute atomic E-state index is 0.131. The Labute approximate surface area is 154 Å². The molecule has 2 N–H and O–H groups in total. The Morgan fingerprint density at radius 3 is 2.46 bits per heavy atom. The van der Waals surface area contributed by atoms with Crippen molar-refractivity contribution in [1.82, 2.24) is 5.32 Å². The summed E-state index contributed by atoms with van der Waals surface area (Å²) in [5.74, 6) is 0.211. The SMILES string of the molecule is CC(C)(C)c1cc(CC([C]=O)NC(=O)OCc2ccccc2)ccc1O. The van der Waals surface area contributed by atoms with Gasteiger partial charge in [-0.3, -0.25) is 4.79 Å². The van der Waals surface area contributed by atoms with Crippen molar-refractivity contribution in [3.8, 4) is 5.75 Å². The zero-order valence-corrected chi connectivity index (χ0v) is 15.3. The van der Waals surface area contributed by atoms with Gasteiger partial charge in [0.25, 0.3) is 0 Å². The molecule has 26 heavy (non-hydrogen) atoms. The summed E-state index contributed by atoms with van der Waals surface area (Å²) in [6.07, 6.45) is 1.43. The van der Waals surface area contributed by atoms with Crippen LogP contribution in [0.1, 0.15) is 37.5 Å². The van der Waals surface area contributed by atoms with Crippen LogP contribution >= 0.6 is 0 Å². The van der Waals surface area contributed by atoms with Crippen LogP contribution in [0, 0.1) is 0 Å². The molecule has 0 aliphatic rings. The Hall–Kier alpha value is -2.82. The van der Waals surface area contributed by atoms with Gasteiger partial charge in [0.1, 0.15) is 18.4 Å². The zero-order chi connectivity index (χ0) is 19.2. The van der Waals surface area contributed by atoms with Gasteiger partial charge in [0.05, 0.1) is 0 Å². The Morgan fingerprint density at radius 1 is 1.15 bits per heavy atom. The second-order valence-electron chi connectivity index (χ2n) is 7.18. The van der Waals surface area contributed by atoms with Crippen LogP contribution < -0.4 is 5.32 Å². The first-order chi connectivity index (χ1) is 12.3. The molecule has 0 spiro atoms. The van der Waals surface area contributed by atoms with Gasteiger partial charge in [-0.1, -0.05) is 63.2 Å². The van der Waals surface area contributed by atoms with E-state index in [1.165, 1.54) is 0 Å². The first-order valence-corrected chi connectivity index (χ1v) is 8.47. The third-order valence-electron chi connectivity index (χ3n) is 3.96. The summed E-state index contributed by atoms with van der Waals surface area (Å²) in [7, 11) is 0. The number of ether oxygens (including phenoxy) is 1. The van der Waals surface area contributed by atoms with E-state index in [0.29, 0.717) is 0 Å². The molecule has 1 radical (unpaired) electrons. The van der Waals surface area contributed by atoms with E-state index < -0.39 is 12.1 Å². The average molecular weight is 354 g/mol. The Bertz CT molecular complexity index is 750. The van der Waals surface area contributed by atoms with Gasteiger partial charge >= 0.3 is 6.09 Å². The Balaban J connectivity index is 1.96. The fourth-order valence-electron chi connectivity index (χ4n) is 2.58. The monoisotopic (exact) mass is 354 g/mol. The zero-order valence-electron chi connectivity index (χ0n) is 15.3. The summed E-state index contributed by atoms with van der Waals surface area (Å²) in [6, 6.07) is 13.6. The second kappa shape index (κ2) is 8.52. The molecule has 0 saturated carbocycles. The van der Waals surface area contributed by atoms with E-state index in [0.717, 1.165) is 16.7 Å². The summed E-state index contributed by atoms with van der Waals surface area (Å²) in [5.41, 5.74) is 2.24. The Morgan fingerprint density at radius 2 is 1.85 bits per heavy atom. The van der Waals surface area contributed by atoms with Crippen molar-refractivity contribution in [2.24, 2.45) is 0 Å². The lowest BCUT2D eigenvalue weighted by molar-refractivity contribution is 0.138. The van der Waals surface area contributed by atoms with E-state index in [2.05, 4.69) is 5.32 Å². The van der Waals surface area contributed by atoms with E-state index in [-0.39, 0.29) is 24.2 Å². The number of hydrogen-bond acceptors (Lipinski definition) is 4. The first-order valence-electron chi connectivity index (χ1n) is 8.47. The van der Waals surface area contributed by atoms with Gasteiger partial charge < -0.3 is 15.2 Å². The summed E-state index contributed by atoms with van der Waals surface area (Å²) in [6.45, 7) is 6.11. The van der Waals surface area contributed by atoms with E-state index in [1.54, 1.807) is 12.1 Å². The number of benzene rings is 2. The van der Waals surface area contributed by atoms with Crippen molar-refractivity contribution in [2.75, 3.05) is 0 Å². The minimum atomic E-state index is -0.823. The molecule has 0 bridgehead atoms. The molecule has 0 saturated heterocycles. The maximum atomic E-state index is 11.9. The maximum absolute atomic E-state index is 11.9. The highest BCUT2D eigenvalue weighted by Crippen LogP contribution is 2.31. The minimum Gasteiger partial charge on any atom is -0.508 e. The molecule has 1 amide bonds. The van der Waals surface area contributed by atoms with Crippen molar-refractivity contribution in [3.63, 3.8) is 0 Å². The van der Waals surface area contributed by atoms with Crippen molar-refractivity contribution in [3.05, 3.63) is 65.2 Å². The number of amides is 1. The number of carbonyl (C=O) groups is 1. The quantitative estimate of drug-likeness (QED) is 0.830. The van der Waals surface area contributed by atoms with Crippen molar-refractivity contribution in [2.45, 2.75) is 45.3 Å². The number of carbonyl (C=O) groups excluding carboxylic acids is 2. The second-order valence-corrected chi connectivity index (χ2v) is 7.18. The molecule has 2 aromatic carbocycles. The van der Waals surface area contributed by atoms with E-state index in [9.17, 15) is 14.7 Å². The van der Waals surface area contributed by atoms with Crippen LogP contribution in [0.5, 0.6) is 5.75 Å². The van der Waals surface area contributed by atoms with Gasteiger partial charge in [-0.25, -0.2) is 4.79 Å². The predicted octanol–water partition coefficient (Wildman–Crippen LogP) is 3.64. The predicted molar refractivity (Wildman–Crippen MR) is 99.8 cm³/mol. The molecule has 0 aromatic heterocycles. The highest BCUT2D eigenvalue weighted by molar-refractivity contribution is 5.73. The molecule has 5 nitrogen and oxygen atoms in total. The molecule has 1 unspecified atom stereocenters. The summed E-state index contributed by atoms with van der Waals surface area (Å²) in [5, 5.41) is 12.5. The molecule has 2 aromatic rings. The third kappa shape index (κ3) is 5.62. The number of alkyl carbamates (subject to hydrolysis) is 1. The largest absolute Gasteiger partial charge is 0.508 e. The van der Waals surface area contributed by atoms with Gasteiger partial charge in [0.15, 0.2) is 0 Å². The number of aromatic hydroxyl groups is 1. The molecular weight excluding hydrogens is 330 g/mol. The van der Waals surface area contributed by atoms with Crippen LogP contribution in [0.4, 0.5) is 4.79 Å². The first kappa shape index (κ1) is 19.5. The number of hydrogen-bond donors (Lipinski definition) is 2. The van der Waals surface area contributed by atoms with Crippen LogP contribution in [0.3, 0.4) is 0 Å². The van der Waals surface area contributed by atoms with Gasteiger partial charge in [-0.15, -0.1) is 0 Å². The summed E-state index contributed by atoms with van der Waals surface area (Å²) in [4.78, 5) is 23.1. The molecular formula is C21H24NO4. The Kier molecular flexibility index (Phi) is 6.39. The number of rotatable bonds is 6. The smallest absolute Gasteiger partial charge is 0.408 e. The summed E-state index contributed by atoms with van der Waals surface area (Å²) < 4.78 is 5.13. The van der Waals surface area contributed by atoms with Crippen LogP contribution in [0.15, 0.2) is 48.5 Å². The highest BCUT2D eigenvalue weighted by Gasteiger charge is 2.20. The van der Waals surface area contributed by atoms with Gasteiger partial charge in [-0.05, 0) is 28.2 Å². The van der Waals surface area contributed by atoms with Crippen LogP contribution in [0.25, 0.3) is 0 Å². The topological polar surface area (TPSA) is 75.6 Å². The molecule has 0 heterocycles. The molecule has 2 rings (SSSR count). The van der Waals surface area contributed by atoms with E-state index in [4.69, 9.17) is 4.74 Å². The molecule has 1 atom stereocenters. The van der Waals surface area contributed by atoms with Gasteiger partial charge in [-0.2, -0.15) is 0 Å². The standard InChI is InChI=1S/C21H24NO4/c1-21(2,3)18-12-16(9-10-19(18)24)11-17(13-23)22-20(25)26-14-15-7-5-4-6-8-15/h4-10,12,17,24H,11,14H2,1-3H3,(H,22,25). The van der Waals surface area contributed by atoms with Gasteiger partial charge in [0, 0.05) is 6.42 Å². The molecule has 137 valence electrons. The maximum Gasteiger partial charge on any atom is 0.408 e. The van der Waals surface area contributed by atoms with Gasteiger partial charge in [0.2, 0.25) is 6.29 Å². The molecule has 5 heteroatoms. The van der Waals surface area contributed by atoms with Crippen LogP contribution in [-0.2, 0) is 28.0 Å². The van der Waals surface area contributed by atoms with E-state index in [1.807, 2.05) is 63.5 Å². The lowest BCUT2D eigenvalue weighted by Crippen LogP contribution is -2.37. The van der Waals surface area contributed by atoms with Crippen LogP contribution in [-0.4, -0.2) is 23.5 Å². The van der Waals surface area contributed by atoms with E-state index >= 15 is 0 Å². The van der Waals surface area contributed by atoms with Crippen molar-refractivity contribution < 1.29 is 19.4 Å². The normalized spacial score (nSPS) is 12.3. The van der Waals surface area contributed by atoms with Crippen molar-refractivity contribution in [1.29, 1.82) is 0 Å². The molecule has 0 aliphatic heterocycles. The van der Waals surface area contributed by atoms with Crippen molar-refractivity contribution >= 4 is 12.4 Å². The molecule has 0 fully saturated rings.